The summed E-state index contributed by atoms with van der Waals surface area (Å²) >= 11 is 0. The van der Waals surface area contributed by atoms with Crippen LogP contribution in [0.4, 0.5) is 0 Å². The van der Waals surface area contributed by atoms with Crippen LogP contribution >= 0.6 is 0 Å². The molecule has 1 aromatic carbocycles. The van der Waals surface area contributed by atoms with E-state index in [2.05, 4.69) is 0 Å². The number of hydrogen-bond donors (Lipinski definition) is 0. The highest BCUT2D eigenvalue weighted by molar-refractivity contribution is 7.92. The van der Waals surface area contributed by atoms with E-state index in [-0.39, 0.29) is 11.3 Å². The predicted octanol–water partition coefficient (Wildman–Crippen LogP) is 1.72. The van der Waals surface area contributed by atoms with Crippen molar-refractivity contribution in [1.29, 1.82) is 0 Å². The third-order valence-corrected chi connectivity index (χ3v) is 5.02. The van der Waals surface area contributed by atoms with Crippen molar-refractivity contribution in [1.82, 2.24) is 0 Å². The van der Waals surface area contributed by atoms with Crippen molar-refractivity contribution >= 4 is 15.8 Å². The van der Waals surface area contributed by atoms with E-state index >= 15 is 0 Å². The number of rotatable bonds is 3. The molecule has 0 saturated carbocycles. The molecule has 1 saturated heterocycles. The number of benzene rings is 1. The maximum absolute atomic E-state index is 12.4. The molecule has 1 aliphatic rings. The number of allylic oxidation sites excluding steroid dienone is 1. The van der Waals surface area contributed by atoms with Crippen LogP contribution in [0.1, 0.15) is 13.3 Å². The van der Waals surface area contributed by atoms with Gasteiger partial charge in [-0.3, -0.25) is 4.79 Å². The Hall–Kier alpha value is -1.62. The lowest BCUT2D eigenvalue weighted by Crippen LogP contribution is -2.28. The van der Waals surface area contributed by atoms with Gasteiger partial charge in [-0.2, -0.15) is 0 Å². The van der Waals surface area contributed by atoms with Gasteiger partial charge in [0, 0.05) is 0 Å². The number of cyclic esters (lactones) is 1. The summed E-state index contributed by atoms with van der Waals surface area (Å²) in [6.07, 6.45) is 2.52. The first-order valence-electron chi connectivity index (χ1n) is 5.67. The van der Waals surface area contributed by atoms with Gasteiger partial charge in [-0.25, -0.2) is 8.42 Å². The molecule has 0 aromatic heterocycles. The molecule has 0 bridgehead atoms. The van der Waals surface area contributed by atoms with Gasteiger partial charge in [-0.05, 0) is 25.1 Å². The monoisotopic (exact) mass is 266 g/mol. The van der Waals surface area contributed by atoms with Gasteiger partial charge in [-0.15, -0.1) is 0 Å². The molecule has 0 amide bonds. The highest BCUT2D eigenvalue weighted by Crippen LogP contribution is 2.28. The van der Waals surface area contributed by atoms with Crippen molar-refractivity contribution in [3.05, 3.63) is 42.5 Å². The SMILES string of the molecule is C/C=C/C1OC(=O)CC1S(=O)(=O)c1ccccc1. The summed E-state index contributed by atoms with van der Waals surface area (Å²) in [5.74, 6) is -0.470. The Morgan fingerprint density at radius 2 is 1.94 bits per heavy atom. The van der Waals surface area contributed by atoms with Crippen molar-refractivity contribution in [2.75, 3.05) is 0 Å². The second-order valence-electron chi connectivity index (χ2n) is 4.08. The van der Waals surface area contributed by atoms with Crippen LogP contribution in [0.3, 0.4) is 0 Å². The molecule has 0 spiro atoms. The largest absolute Gasteiger partial charge is 0.457 e. The summed E-state index contributed by atoms with van der Waals surface area (Å²) in [5.41, 5.74) is 0. The van der Waals surface area contributed by atoms with Gasteiger partial charge in [0.05, 0.1) is 11.3 Å². The number of hydrogen-bond acceptors (Lipinski definition) is 4. The van der Waals surface area contributed by atoms with Crippen LogP contribution in [0.15, 0.2) is 47.4 Å². The zero-order chi connectivity index (χ0) is 13.2. The molecule has 18 heavy (non-hydrogen) atoms. The lowest BCUT2D eigenvalue weighted by Gasteiger charge is -2.14. The van der Waals surface area contributed by atoms with Crippen LogP contribution in [-0.4, -0.2) is 25.7 Å². The maximum atomic E-state index is 12.4. The zero-order valence-electron chi connectivity index (χ0n) is 9.94. The minimum atomic E-state index is -3.54. The summed E-state index contributed by atoms with van der Waals surface area (Å²) in [6, 6.07) is 8.14. The Kier molecular flexibility index (Phi) is 3.52. The van der Waals surface area contributed by atoms with E-state index in [1.165, 1.54) is 12.1 Å². The van der Waals surface area contributed by atoms with Crippen molar-refractivity contribution in [2.24, 2.45) is 0 Å². The molecule has 0 radical (unpaired) electrons. The molecule has 4 nitrogen and oxygen atoms in total. The minimum absolute atomic E-state index is 0.0910. The number of carbonyl (C=O) groups excluding carboxylic acids is 1. The average molecular weight is 266 g/mol. The van der Waals surface area contributed by atoms with Gasteiger partial charge in [0.1, 0.15) is 11.4 Å². The number of esters is 1. The Morgan fingerprint density at radius 1 is 1.28 bits per heavy atom. The molecule has 1 aromatic rings. The van der Waals surface area contributed by atoms with E-state index in [4.69, 9.17) is 4.74 Å². The van der Waals surface area contributed by atoms with E-state index < -0.39 is 27.2 Å². The molecule has 96 valence electrons. The fourth-order valence-corrected chi connectivity index (χ4v) is 3.72. The minimum Gasteiger partial charge on any atom is -0.457 e. The fourth-order valence-electron chi connectivity index (χ4n) is 1.98. The summed E-state index contributed by atoms with van der Waals surface area (Å²) in [6.45, 7) is 1.76. The number of carbonyl (C=O) groups is 1. The molecule has 1 aliphatic heterocycles. The molecule has 0 N–H and O–H groups in total. The first-order valence-corrected chi connectivity index (χ1v) is 7.21. The average Bonchev–Trinajstić information content (AvgIpc) is 2.73. The first-order chi connectivity index (χ1) is 8.55. The quantitative estimate of drug-likeness (QED) is 0.617. The van der Waals surface area contributed by atoms with Crippen molar-refractivity contribution in [3.63, 3.8) is 0 Å². The van der Waals surface area contributed by atoms with Crippen LogP contribution in [0.2, 0.25) is 0 Å². The van der Waals surface area contributed by atoms with E-state index in [0.717, 1.165) is 0 Å². The van der Waals surface area contributed by atoms with Gasteiger partial charge < -0.3 is 4.74 Å². The smallest absolute Gasteiger partial charge is 0.307 e. The molecular weight excluding hydrogens is 252 g/mol. The van der Waals surface area contributed by atoms with Crippen LogP contribution in [-0.2, 0) is 19.4 Å². The maximum Gasteiger partial charge on any atom is 0.307 e. The van der Waals surface area contributed by atoms with E-state index in [1.807, 2.05) is 0 Å². The topological polar surface area (TPSA) is 60.4 Å². The molecule has 0 aliphatic carbocycles. The van der Waals surface area contributed by atoms with E-state index in [1.54, 1.807) is 37.3 Å². The number of ether oxygens (including phenoxy) is 1. The van der Waals surface area contributed by atoms with Crippen molar-refractivity contribution in [2.45, 2.75) is 29.6 Å². The van der Waals surface area contributed by atoms with Gasteiger partial charge in [0.15, 0.2) is 9.84 Å². The highest BCUT2D eigenvalue weighted by atomic mass is 32.2. The first kappa shape index (κ1) is 12.8. The molecule has 1 fully saturated rings. The molecule has 2 rings (SSSR count). The van der Waals surface area contributed by atoms with Crippen molar-refractivity contribution < 1.29 is 17.9 Å². The van der Waals surface area contributed by atoms with Crippen LogP contribution in [0.5, 0.6) is 0 Å². The molecule has 1 heterocycles. The summed E-state index contributed by atoms with van der Waals surface area (Å²) < 4.78 is 29.8. The second-order valence-corrected chi connectivity index (χ2v) is 6.25. The van der Waals surface area contributed by atoms with Crippen LogP contribution in [0.25, 0.3) is 0 Å². The third-order valence-electron chi connectivity index (χ3n) is 2.85. The molecule has 2 atom stereocenters. The van der Waals surface area contributed by atoms with E-state index in [0.29, 0.717) is 0 Å². The number of sulfone groups is 1. The molecule has 2 unspecified atom stereocenters. The fraction of sp³-hybridized carbons (Fsp3) is 0.308. The van der Waals surface area contributed by atoms with Crippen LogP contribution in [0, 0.1) is 0 Å². The van der Waals surface area contributed by atoms with Gasteiger partial charge in [-0.1, -0.05) is 24.3 Å². The summed E-state index contributed by atoms with van der Waals surface area (Å²) in [7, 11) is -3.54. The van der Waals surface area contributed by atoms with E-state index in [9.17, 15) is 13.2 Å². The Balaban J connectivity index is 2.38. The normalized spacial score (nSPS) is 24.4. The Morgan fingerprint density at radius 3 is 2.56 bits per heavy atom. The Labute approximate surface area is 106 Å². The van der Waals surface area contributed by atoms with Crippen LogP contribution < -0.4 is 0 Å². The van der Waals surface area contributed by atoms with Gasteiger partial charge in [0.2, 0.25) is 0 Å². The molecule has 5 heteroatoms. The van der Waals surface area contributed by atoms with Crippen molar-refractivity contribution in [3.8, 4) is 0 Å². The predicted molar refractivity (Wildman–Crippen MR) is 66.7 cm³/mol. The lowest BCUT2D eigenvalue weighted by atomic mass is 10.2. The van der Waals surface area contributed by atoms with Gasteiger partial charge >= 0.3 is 5.97 Å². The standard InChI is InChI=1S/C13H14O4S/c1-2-6-11-12(9-13(14)17-11)18(15,16)10-7-4-3-5-8-10/h2-8,11-12H,9H2,1H3/b6-2+. The third kappa shape index (κ3) is 2.31. The highest BCUT2D eigenvalue weighted by Gasteiger charge is 2.42. The molecular formula is C13H14O4S. The van der Waals surface area contributed by atoms with Gasteiger partial charge in [0.25, 0.3) is 0 Å². The Bertz CT molecular complexity index is 560. The zero-order valence-corrected chi connectivity index (χ0v) is 10.8. The summed E-state index contributed by atoms with van der Waals surface area (Å²) in [4.78, 5) is 11.5. The second kappa shape index (κ2) is 4.94. The summed E-state index contributed by atoms with van der Waals surface area (Å²) in [5, 5.41) is -0.830. The lowest BCUT2D eigenvalue weighted by molar-refractivity contribution is -0.139.